The molecule has 21 heavy (non-hydrogen) atoms. The van der Waals surface area contributed by atoms with Crippen molar-refractivity contribution >= 4 is 10.0 Å². The fraction of sp³-hybridized carbons (Fsp3) is 0.714. The summed E-state index contributed by atoms with van der Waals surface area (Å²) in [6, 6.07) is 1.88. The number of nitrogens with zero attached hydrogens (tertiary/aromatic N) is 2. The molecular formula is C14H25N3O3S. The molecule has 1 unspecified atom stereocenters. The van der Waals surface area contributed by atoms with Crippen LogP contribution in [-0.2, 0) is 16.6 Å². The fourth-order valence-electron chi connectivity index (χ4n) is 2.83. The van der Waals surface area contributed by atoms with E-state index in [1.807, 2.05) is 0 Å². The summed E-state index contributed by atoms with van der Waals surface area (Å²) >= 11 is 0. The third-order valence-corrected chi connectivity index (χ3v) is 6.00. The maximum atomic E-state index is 12.8. The molecule has 1 aromatic heterocycles. The molecule has 120 valence electrons. The van der Waals surface area contributed by atoms with Crippen LogP contribution in [0.2, 0.25) is 0 Å². The molecule has 1 N–H and O–H groups in total. The van der Waals surface area contributed by atoms with Crippen LogP contribution in [0, 0.1) is 6.92 Å². The van der Waals surface area contributed by atoms with Crippen LogP contribution in [0.15, 0.2) is 15.4 Å². The largest absolute Gasteiger partial charge is 0.464 e. The first-order chi connectivity index (χ1) is 9.90. The monoisotopic (exact) mass is 315 g/mol. The first-order valence-electron chi connectivity index (χ1n) is 7.38. The van der Waals surface area contributed by atoms with E-state index < -0.39 is 10.0 Å². The van der Waals surface area contributed by atoms with Crippen LogP contribution in [0.1, 0.15) is 25.4 Å². The molecule has 1 aromatic rings. The van der Waals surface area contributed by atoms with Gasteiger partial charge in [0, 0.05) is 31.7 Å². The number of rotatable bonds is 5. The second-order valence-corrected chi connectivity index (χ2v) is 7.41. The normalized spacial score (nSPS) is 21.8. The Morgan fingerprint density at radius 2 is 2.14 bits per heavy atom. The zero-order chi connectivity index (χ0) is 15.6. The molecule has 1 aliphatic heterocycles. The Balaban J connectivity index is 2.22. The zero-order valence-electron chi connectivity index (χ0n) is 13.2. The molecule has 0 saturated carbocycles. The third-order valence-electron chi connectivity index (χ3n) is 4.03. The third kappa shape index (κ3) is 3.31. The molecule has 6 nitrogen and oxygen atoms in total. The highest BCUT2D eigenvalue weighted by Crippen LogP contribution is 2.25. The lowest BCUT2D eigenvalue weighted by Crippen LogP contribution is -2.53. The molecule has 0 aromatic carbocycles. The minimum Gasteiger partial charge on any atom is -0.464 e. The Hall–Kier alpha value is -0.890. The molecule has 1 saturated heterocycles. The highest BCUT2D eigenvalue weighted by Gasteiger charge is 2.33. The number of likely N-dealkylation sites (N-methyl/N-ethyl adjacent to an activating group) is 1. The van der Waals surface area contributed by atoms with Gasteiger partial charge in [-0.15, -0.1) is 0 Å². The van der Waals surface area contributed by atoms with E-state index in [1.54, 1.807) is 24.3 Å². The van der Waals surface area contributed by atoms with Crippen molar-refractivity contribution < 1.29 is 12.8 Å². The van der Waals surface area contributed by atoms with Crippen LogP contribution in [0.4, 0.5) is 0 Å². The van der Waals surface area contributed by atoms with E-state index in [1.165, 1.54) is 0 Å². The summed E-state index contributed by atoms with van der Waals surface area (Å²) in [4.78, 5) is 2.59. The van der Waals surface area contributed by atoms with E-state index >= 15 is 0 Å². The summed E-state index contributed by atoms with van der Waals surface area (Å²) in [5.41, 5.74) is 0. The van der Waals surface area contributed by atoms with Crippen LogP contribution < -0.4 is 5.32 Å². The van der Waals surface area contributed by atoms with Crippen molar-refractivity contribution in [2.24, 2.45) is 0 Å². The first-order valence-corrected chi connectivity index (χ1v) is 8.82. The van der Waals surface area contributed by atoms with Gasteiger partial charge in [-0.3, -0.25) is 4.90 Å². The molecule has 2 heterocycles. The van der Waals surface area contributed by atoms with Crippen LogP contribution in [0.25, 0.3) is 0 Å². The Labute approximate surface area is 127 Å². The van der Waals surface area contributed by atoms with E-state index in [0.29, 0.717) is 36.1 Å². The molecule has 0 amide bonds. The van der Waals surface area contributed by atoms with Crippen molar-refractivity contribution in [3.8, 4) is 0 Å². The second-order valence-electron chi connectivity index (χ2n) is 5.50. The van der Waals surface area contributed by atoms with Crippen molar-refractivity contribution in [1.29, 1.82) is 0 Å². The average Bonchev–Trinajstić information content (AvgIpc) is 2.80. The first kappa shape index (κ1) is 16.5. The van der Waals surface area contributed by atoms with E-state index in [9.17, 15) is 8.42 Å². The number of hydrogen-bond acceptors (Lipinski definition) is 5. The summed E-state index contributed by atoms with van der Waals surface area (Å²) in [5.74, 6) is 1.11. The molecule has 7 heteroatoms. The van der Waals surface area contributed by atoms with Gasteiger partial charge in [0.2, 0.25) is 10.0 Å². The van der Waals surface area contributed by atoms with Gasteiger partial charge in [0.15, 0.2) is 0 Å². The summed E-state index contributed by atoms with van der Waals surface area (Å²) in [6.45, 7) is 9.19. The van der Waals surface area contributed by atoms with E-state index in [4.69, 9.17) is 4.42 Å². The summed E-state index contributed by atoms with van der Waals surface area (Å²) in [5, 5.41) is 2.97. The number of aryl methyl sites for hydroxylation is 1. The summed E-state index contributed by atoms with van der Waals surface area (Å²) in [6.07, 6.45) is 0. The Kier molecular flexibility index (Phi) is 5.08. The molecule has 0 radical (unpaired) electrons. The molecule has 1 atom stereocenters. The van der Waals surface area contributed by atoms with Gasteiger partial charge in [0.05, 0.1) is 6.54 Å². The van der Waals surface area contributed by atoms with Crippen molar-refractivity contribution in [3.63, 3.8) is 0 Å². The minimum absolute atomic E-state index is 0.238. The fourth-order valence-corrected chi connectivity index (χ4v) is 4.53. The number of furan rings is 1. The summed E-state index contributed by atoms with van der Waals surface area (Å²) < 4.78 is 32.7. The predicted octanol–water partition coefficient (Wildman–Crippen LogP) is 1.02. The lowest BCUT2D eigenvalue weighted by molar-refractivity contribution is 0.135. The van der Waals surface area contributed by atoms with Gasteiger partial charge < -0.3 is 9.73 Å². The van der Waals surface area contributed by atoms with Crippen molar-refractivity contribution in [1.82, 2.24) is 14.5 Å². The minimum atomic E-state index is -3.47. The summed E-state index contributed by atoms with van der Waals surface area (Å²) in [7, 11) is -1.67. The molecule has 0 aliphatic carbocycles. The zero-order valence-corrected chi connectivity index (χ0v) is 14.0. The Morgan fingerprint density at radius 3 is 2.71 bits per heavy atom. The Morgan fingerprint density at radius 1 is 1.43 bits per heavy atom. The van der Waals surface area contributed by atoms with Gasteiger partial charge in [-0.05, 0) is 27.4 Å². The maximum Gasteiger partial charge on any atom is 0.246 e. The van der Waals surface area contributed by atoms with Gasteiger partial charge in [0.1, 0.15) is 16.4 Å². The topological polar surface area (TPSA) is 65.8 Å². The van der Waals surface area contributed by atoms with E-state index in [-0.39, 0.29) is 6.04 Å². The maximum absolute atomic E-state index is 12.8. The highest BCUT2D eigenvalue weighted by molar-refractivity contribution is 7.89. The second kappa shape index (κ2) is 6.48. The van der Waals surface area contributed by atoms with Crippen molar-refractivity contribution in [2.75, 3.05) is 33.2 Å². The van der Waals surface area contributed by atoms with E-state index in [0.717, 1.165) is 13.1 Å². The van der Waals surface area contributed by atoms with Crippen LogP contribution in [0.3, 0.4) is 0 Å². The van der Waals surface area contributed by atoms with Crippen molar-refractivity contribution in [3.05, 3.63) is 17.6 Å². The molecule has 1 fully saturated rings. The highest BCUT2D eigenvalue weighted by atomic mass is 32.2. The van der Waals surface area contributed by atoms with Gasteiger partial charge in [-0.25, -0.2) is 8.42 Å². The quantitative estimate of drug-likeness (QED) is 0.879. The number of piperazine rings is 1. The van der Waals surface area contributed by atoms with Gasteiger partial charge in [-0.1, -0.05) is 6.92 Å². The van der Waals surface area contributed by atoms with Crippen molar-refractivity contribution in [2.45, 2.75) is 38.3 Å². The van der Waals surface area contributed by atoms with Gasteiger partial charge in [-0.2, -0.15) is 4.31 Å². The molecular weight excluding hydrogens is 290 g/mol. The number of sulfonamides is 1. The van der Waals surface area contributed by atoms with Crippen LogP contribution in [0.5, 0.6) is 0 Å². The molecule has 1 aliphatic rings. The average molecular weight is 315 g/mol. The molecule has 0 bridgehead atoms. The smallest absolute Gasteiger partial charge is 0.246 e. The van der Waals surface area contributed by atoms with E-state index in [2.05, 4.69) is 24.1 Å². The predicted molar refractivity (Wildman–Crippen MR) is 81.7 cm³/mol. The number of nitrogens with one attached hydrogen (secondary N) is 1. The lowest BCUT2D eigenvalue weighted by atomic mass is 10.2. The van der Waals surface area contributed by atoms with Gasteiger partial charge in [0.25, 0.3) is 0 Å². The molecule has 2 rings (SSSR count). The lowest BCUT2D eigenvalue weighted by Gasteiger charge is -2.38. The van der Waals surface area contributed by atoms with Crippen LogP contribution >= 0.6 is 0 Å². The molecule has 0 spiro atoms. The van der Waals surface area contributed by atoms with Gasteiger partial charge >= 0.3 is 0 Å². The Bertz CT molecular complexity index is 582. The standard InChI is InChI=1S/C14H25N3O3S/c1-5-16-6-7-17(10-11(16)2)21(18,19)14-8-13(9-15-4)20-12(14)3/h8,11,15H,5-7,9-10H2,1-4H3. The SMILES string of the molecule is CCN1CCN(S(=O)(=O)c2cc(CNC)oc2C)CC1C. The number of hydrogen-bond donors (Lipinski definition) is 1. The van der Waals surface area contributed by atoms with Crippen LogP contribution in [-0.4, -0.2) is 56.9 Å².